The molecule has 0 aliphatic carbocycles. The van der Waals surface area contributed by atoms with Crippen LogP contribution >= 0.6 is 0 Å². The molecule has 1 amide bonds. The third kappa shape index (κ3) is 4.11. The molecule has 0 radical (unpaired) electrons. The number of hydrogen-bond acceptors (Lipinski definition) is 4. The molecule has 0 aliphatic heterocycles. The van der Waals surface area contributed by atoms with E-state index in [0.717, 1.165) is 17.1 Å². The van der Waals surface area contributed by atoms with Crippen LogP contribution in [-0.4, -0.2) is 34.3 Å². The molecule has 0 fully saturated rings. The molecule has 0 saturated carbocycles. The summed E-state index contributed by atoms with van der Waals surface area (Å²) in [6, 6.07) is 18.2. The summed E-state index contributed by atoms with van der Waals surface area (Å²) in [5, 5.41) is 4.24. The van der Waals surface area contributed by atoms with Gasteiger partial charge in [-0.05, 0) is 63.2 Å². The van der Waals surface area contributed by atoms with Crippen LogP contribution in [0.4, 0.5) is 5.69 Å². The maximum Gasteiger partial charge on any atom is 0.338 e. The quantitative estimate of drug-likeness (QED) is 0.613. The lowest BCUT2D eigenvalue weighted by Crippen LogP contribution is -2.40. The number of carbonyl (C=O) groups is 2. The van der Waals surface area contributed by atoms with Crippen molar-refractivity contribution < 1.29 is 14.3 Å². The zero-order valence-electron chi connectivity index (χ0n) is 16.2. The van der Waals surface area contributed by atoms with Crippen LogP contribution in [0.1, 0.15) is 29.9 Å². The van der Waals surface area contributed by atoms with Gasteiger partial charge < -0.3 is 9.64 Å². The number of anilines is 1. The van der Waals surface area contributed by atoms with Gasteiger partial charge >= 0.3 is 5.97 Å². The fourth-order valence-corrected chi connectivity index (χ4v) is 2.95. The third-order valence-electron chi connectivity index (χ3n) is 4.46. The Hall–Kier alpha value is -3.41. The van der Waals surface area contributed by atoms with Gasteiger partial charge in [0.05, 0.1) is 11.3 Å². The van der Waals surface area contributed by atoms with Crippen LogP contribution in [0.3, 0.4) is 0 Å². The zero-order valence-corrected chi connectivity index (χ0v) is 16.2. The lowest BCUT2D eigenvalue weighted by molar-refractivity contribution is -0.126. The van der Waals surface area contributed by atoms with Crippen LogP contribution in [0.15, 0.2) is 66.9 Å². The summed E-state index contributed by atoms with van der Waals surface area (Å²) in [6.45, 7) is 5.92. The van der Waals surface area contributed by atoms with Crippen molar-refractivity contribution in [1.29, 1.82) is 0 Å². The Kier molecular flexibility index (Phi) is 5.89. The number of esters is 1. The number of ether oxygens (including phenoxy) is 1. The average Bonchev–Trinajstić information content (AvgIpc) is 3.15. The molecule has 1 heterocycles. The standard InChI is InChI=1S/C22H23N3O3/c1-4-24(19-8-6-5-7-9-19)21(26)17(3)28-22(27)18-10-12-20(13-11-18)25-16(2)14-15-23-25/h5-15,17H,4H2,1-3H3/t17-/m0/s1. The number of rotatable bonds is 6. The van der Waals surface area contributed by atoms with Gasteiger partial charge in [0.1, 0.15) is 0 Å². The maximum atomic E-state index is 12.7. The highest BCUT2D eigenvalue weighted by Gasteiger charge is 2.24. The molecule has 3 aromatic rings. The molecular formula is C22H23N3O3. The number of hydrogen-bond donors (Lipinski definition) is 0. The molecule has 0 aliphatic rings. The van der Waals surface area contributed by atoms with Gasteiger partial charge in [0, 0.05) is 24.1 Å². The Labute approximate surface area is 164 Å². The first-order valence-electron chi connectivity index (χ1n) is 9.19. The van der Waals surface area contributed by atoms with E-state index in [1.165, 1.54) is 0 Å². The second-order valence-corrected chi connectivity index (χ2v) is 6.40. The molecule has 6 nitrogen and oxygen atoms in total. The van der Waals surface area contributed by atoms with Crippen LogP contribution < -0.4 is 4.90 Å². The van der Waals surface area contributed by atoms with Crippen LogP contribution in [0.2, 0.25) is 0 Å². The Morgan fingerprint density at radius 2 is 1.75 bits per heavy atom. The van der Waals surface area contributed by atoms with Crippen molar-refractivity contribution >= 4 is 17.6 Å². The van der Waals surface area contributed by atoms with E-state index in [0.29, 0.717) is 12.1 Å². The number of aryl methyl sites for hydroxylation is 1. The van der Waals surface area contributed by atoms with Gasteiger partial charge in [-0.25, -0.2) is 9.48 Å². The van der Waals surface area contributed by atoms with Gasteiger partial charge in [0.2, 0.25) is 0 Å². The normalized spacial score (nSPS) is 11.7. The molecule has 6 heteroatoms. The summed E-state index contributed by atoms with van der Waals surface area (Å²) in [7, 11) is 0. The van der Waals surface area contributed by atoms with E-state index in [1.807, 2.05) is 50.2 Å². The first-order valence-corrected chi connectivity index (χ1v) is 9.19. The average molecular weight is 377 g/mol. The van der Waals surface area contributed by atoms with Crippen LogP contribution in [-0.2, 0) is 9.53 Å². The minimum Gasteiger partial charge on any atom is -0.449 e. The molecule has 0 saturated heterocycles. The number of likely N-dealkylation sites (N-methyl/N-ethyl adjacent to an activating group) is 1. The molecule has 28 heavy (non-hydrogen) atoms. The SMILES string of the molecule is CCN(C(=O)[C@H](C)OC(=O)c1ccc(-n2nccc2C)cc1)c1ccccc1. The first-order chi connectivity index (χ1) is 13.5. The van der Waals surface area contributed by atoms with Crippen molar-refractivity contribution in [2.45, 2.75) is 26.9 Å². The molecule has 0 spiro atoms. The summed E-state index contributed by atoms with van der Waals surface area (Å²) >= 11 is 0. The summed E-state index contributed by atoms with van der Waals surface area (Å²) < 4.78 is 7.18. The first kappa shape index (κ1) is 19.4. The van der Waals surface area contributed by atoms with Crippen molar-refractivity contribution in [3.8, 4) is 5.69 Å². The monoisotopic (exact) mass is 377 g/mol. The number of carbonyl (C=O) groups excluding carboxylic acids is 2. The summed E-state index contributed by atoms with van der Waals surface area (Å²) in [4.78, 5) is 26.8. The van der Waals surface area contributed by atoms with E-state index >= 15 is 0 Å². The molecule has 0 unspecified atom stereocenters. The van der Waals surface area contributed by atoms with Gasteiger partial charge in [-0.15, -0.1) is 0 Å². The minimum absolute atomic E-state index is 0.258. The van der Waals surface area contributed by atoms with Crippen molar-refractivity contribution in [2.75, 3.05) is 11.4 Å². The lowest BCUT2D eigenvalue weighted by Gasteiger charge is -2.24. The lowest BCUT2D eigenvalue weighted by atomic mass is 10.2. The van der Waals surface area contributed by atoms with Crippen LogP contribution in [0, 0.1) is 6.92 Å². The van der Waals surface area contributed by atoms with E-state index < -0.39 is 12.1 Å². The minimum atomic E-state index is -0.888. The number of nitrogens with zero attached hydrogens (tertiary/aromatic N) is 3. The van der Waals surface area contributed by atoms with E-state index in [4.69, 9.17) is 4.74 Å². The van der Waals surface area contributed by atoms with Crippen LogP contribution in [0.25, 0.3) is 5.69 Å². The number of amides is 1. The van der Waals surface area contributed by atoms with Crippen molar-refractivity contribution in [3.63, 3.8) is 0 Å². The molecule has 3 rings (SSSR count). The molecule has 1 atom stereocenters. The van der Waals surface area contributed by atoms with Crippen molar-refractivity contribution in [3.05, 3.63) is 78.1 Å². The third-order valence-corrected chi connectivity index (χ3v) is 4.46. The van der Waals surface area contributed by atoms with Gasteiger partial charge in [0.15, 0.2) is 6.10 Å². The second kappa shape index (κ2) is 8.52. The van der Waals surface area contributed by atoms with E-state index in [-0.39, 0.29) is 5.91 Å². The van der Waals surface area contributed by atoms with Gasteiger partial charge in [0.25, 0.3) is 5.91 Å². The Bertz CT molecular complexity index is 949. The second-order valence-electron chi connectivity index (χ2n) is 6.40. The summed E-state index contributed by atoms with van der Waals surface area (Å²) in [5.41, 5.74) is 3.01. The fraction of sp³-hybridized carbons (Fsp3) is 0.227. The van der Waals surface area contributed by atoms with Crippen molar-refractivity contribution in [2.24, 2.45) is 0 Å². The summed E-state index contributed by atoms with van der Waals surface area (Å²) in [5.74, 6) is -0.792. The number of aromatic nitrogens is 2. The topological polar surface area (TPSA) is 64.4 Å². The highest BCUT2D eigenvalue weighted by Crippen LogP contribution is 2.17. The predicted molar refractivity (Wildman–Crippen MR) is 108 cm³/mol. The smallest absolute Gasteiger partial charge is 0.338 e. The number of benzene rings is 2. The van der Waals surface area contributed by atoms with E-state index in [1.54, 1.807) is 47.0 Å². The van der Waals surface area contributed by atoms with Gasteiger partial charge in [-0.2, -0.15) is 5.10 Å². The molecular weight excluding hydrogens is 354 g/mol. The van der Waals surface area contributed by atoms with E-state index in [2.05, 4.69) is 5.10 Å². The Balaban J connectivity index is 1.68. The Morgan fingerprint density at radius 1 is 1.07 bits per heavy atom. The molecule has 0 N–H and O–H groups in total. The molecule has 144 valence electrons. The molecule has 2 aromatic carbocycles. The van der Waals surface area contributed by atoms with Gasteiger partial charge in [-0.3, -0.25) is 4.79 Å². The largest absolute Gasteiger partial charge is 0.449 e. The molecule has 1 aromatic heterocycles. The number of para-hydroxylation sites is 1. The van der Waals surface area contributed by atoms with Crippen LogP contribution in [0.5, 0.6) is 0 Å². The fourth-order valence-electron chi connectivity index (χ4n) is 2.95. The van der Waals surface area contributed by atoms with E-state index in [9.17, 15) is 9.59 Å². The van der Waals surface area contributed by atoms with Crippen molar-refractivity contribution in [1.82, 2.24) is 9.78 Å². The molecule has 0 bridgehead atoms. The summed E-state index contributed by atoms with van der Waals surface area (Å²) in [6.07, 6.45) is 0.831. The predicted octanol–water partition coefficient (Wildman–Crippen LogP) is 3.78. The van der Waals surface area contributed by atoms with Gasteiger partial charge in [-0.1, -0.05) is 18.2 Å². The highest BCUT2D eigenvalue weighted by molar-refractivity contribution is 5.99. The maximum absolute atomic E-state index is 12.7. The Morgan fingerprint density at radius 3 is 2.32 bits per heavy atom. The zero-order chi connectivity index (χ0) is 20.1. The highest BCUT2D eigenvalue weighted by atomic mass is 16.5.